The van der Waals surface area contributed by atoms with Crippen molar-refractivity contribution in [1.29, 1.82) is 5.26 Å². The van der Waals surface area contributed by atoms with Crippen LogP contribution in [0.4, 0.5) is 5.69 Å². The molecule has 1 amide bonds. The lowest BCUT2D eigenvalue weighted by molar-refractivity contribution is -0.112. The van der Waals surface area contributed by atoms with Crippen LogP contribution in [0.3, 0.4) is 0 Å². The zero-order valence-electron chi connectivity index (χ0n) is 19.8. The van der Waals surface area contributed by atoms with E-state index in [1.165, 1.54) is 25.3 Å². The SMILES string of the molecule is CCOC(=O)c1ccc(NC(=O)/C(C#N)=C/c2cc(Cl)c(OCc3ccc(Cl)c(Cl)c3)c(OC)c2)cc1. The summed E-state index contributed by atoms with van der Waals surface area (Å²) in [5.41, 5.74) is 1.81. The van der Waals surface area contributed by atoms with Crippen molar-refractivity contribution >= 4 is 58.4 Å². The predicted octanol–water partition coefficient (Wildman–Crippen LogP) is 6.96. The number of nitriles is 1. The maximum Gasteiger partial charge on any atom is 0.338 e. The van der Waals surface area contributed by atoms with Crippen LogP contribution in [0, 0.1) is 11.3 Å². The summed E-state index contributed by atoms with van der Waals surface area (Å²) >= 11 is 18.4. The Bertz CT molecular complexity index is 1380. The Labute approximate surface area is 229 Å². The third-order valence-electron chi connectivity index (χ3n) is 4.95. The van der Waals surface area contributed by atoms with E-state index in [1.807, 2.05) is 6.07 Å². The Morgan fingerprint density at radius 1 is 1.00 bits per heavy atom. The van der Waals surface area contributed by atoms with E-state index in [9.17, 15) is 14.9 Å². The third-order valence-corrected chi connectivity index (χ3v) is 5.97. The zero-order valence-corrected chi connectivity index (χ0v) is 22.1. The van der Waals surface area contributed by atoms with Gasteiger partial charge in [0.15, 0.2) is 11.5 Å². The minimum Gasteiger partial charge on any atom is -0.493 e. The summed E-state index contributed by atoms with van der Waals surface area (Å²) in [6.45, 7) is 2.12. The quantitative estimate of drug-likeness (QED) is 0.173. The minimum atomic E-state index is -0.638. The molecule has 7 nitrogen and oxygen atoms in total. The van der Waals surface area contributed by atoms with Crippen LogP contribution in [0.2, 0.25) is 15.1 Å². The monoisotopic (exact) mass is 558 g/mol. The lowest BCUT2D eigenvalue weighted by atomic mass is 10.1. The molecule has 0 aromatic heterocycles. The number of benzene rings is 3. The Kier molecular flexibility index (Phi) is 9.81. The summed E-state index contributed by atoms with van der Waals surface area (Å²) in [4.78, 5) is 24.5. The van der Waals surface area contributed by atoms with E-state index in [1.54, 1.807) is 49.4 Å². The van der Waals surface area contributed by atoms with Gasteiger partial charge in [0.25, 0.3) is 5.91 Å². The first-order chi connectivity index (χ1) is 17.7. The second kappa shape index (κ2) is 13.0. The normalized spacial score (nSPS) is 10.9. The van der Waals surface area contributed by atoms with Gasteiger partial charge in [-0.1, -0.05) is 40.9 Å². The van der Waals surface area contributed by atoms with E-state index in [0.717, 1.165) is 5.56 Å². The number of esters is 1. The first-order valence-corrected chi connectivity index (χ1v) is 12.0. The van der Waals surface area contributed by atoms with Crippen molar-refractivity contribution in [3.05, 3.63) is 91.9 Å². The number of methoxy groups -OCH3 is 1. The fraction of sp³-hybridized carbons (Fsp3) is 0.148. The summed E-state index contributed by atoms with van der Waals surface area (Å²) in [5.74, 6) is -0.502. The summed E-state index contributed by atoms with van der Waals surface area (Å²) in [6, 6.07) is 16.3. The number of hydrogen-bond donors (Lipinski definition) is 1. The van der Waals surface area contributed by atoms with Crippen LogP contribution < -0.4 is 14.8 Å². The van der Waals surface area contributed by atoms with Crippen LogP contribution in [0.15, 0.2) is 60.2 Å². The van der Waals surface area contributed by atoms with E-state index in [4.69, 9.17) is 49.0 Å². The smallest absolute Gasteiger partial charge is 0.338 e. The fourth-order valence-electron chi connectivity index (χ4n) is 3.17. The molecule has 0 aliphatic rings. The largest absolute Gasteiger partial charge is 0.493 e. The van der Waals surface area contributed by atoms with Gasteiger partial charge in [-0.25, -0.2) is 4.79 Å². The van der Waals surface area contributed by atoms with Crippen LogP contribution in [-0.2, 0) is 16.1 Å². The molecule has 0 saturated carbocycles. The second-order valence-electron chi connectivity index (χ2n) is 7.49. The molecule has 0 radical (unpaired) electrons. The Morgan fingerprint density at radius 2 is 1.73 bits per heavy atom. The number of carbonyl (C=O) groups excluding carboxylic acids is 2. The molecule has 3 aromatic rings. The zero-order chi connectivity index (χ0) is 26.9. The van der Waals surface area contributed by atoms with E-state index in [0.29, 0.717) is 32.6 Å². The number of hydrogen-bond acceptors (Lipinski definition) is 6. The minimum absolute atomic E-state index is 0.156. The van der Waals surface area contributed by atoms with Gasteiger partial charge in [-0.3, -0.25) is 4.79 Å². The maximum atomic E-state index is 12.7. The molecule has 0 saturated heterocycles. The number of rotatable bonds is 9. The molecule has 0 atom stereocenters. The van der Waals surface area contributed by atoms with Crippen molar-refractivity contribution in [2.75, 3.05) is 19.0 Å². The summed E-state index contributed by atoms with van der Waals surface area (Å²) in [6.07, 6.45) is 1.37. The van der Waals surface area contributed by atoms with Crippen molar-refractivity contribution in [2.45, 2.75) is 13.5 Å². The average Bonchev–Trinajstić information content (AvgIpc) is 2.88. The highest BCUT2D eigenvalue weighted by atomic mass is 35.5. The van der Waals surface area contributed by atoms with Crippen molar-refractivity contribution in [3.8, 4) is 17.6 Å². The summed E-state index contributed by atoms with van der Waals surface area (Å²) < 4.78 is 16.2. The molecule has 190 valence electrons. The molecule has 10 heteroatoms. The van der Waals surface area contributed by atoms with E-state index in [-0.39, 0.29) is 29.6 Å². The lowest BCUT2D eigenvalue weighted by Gasteiger charge is -2.14. The van der Waals surface area contributed by atoms with Gasteiger partial charge in [-0.05, 0) is 72.7 Å². The van der Waals surface area contributed by atoms with E-state index >= 15 is 0 Å². The molecule has 0 unspecified atom stereocenters. The molecule has 0 fully saturated rings. The summed E-state index contributed by atoms with van der Waals surface area (Å²) in [5, 5.41) is 13.2. The molecular weight excluding hydrogens is 539 g/mol. The van der Waals surface area contributed by atoms with Gasteiger partial charge in [-0.2, -0.15) is 5.26 Å². The standard InChI is InChI=1S/C27H21Cl3N2O5/c1-3-36-27(34)18-5-7-20(8-6-18)32-26(33)19(14-31)10-17-12-23(30)25(24(13-17)35-2)37-15-16-4-9-21(28)22(29)11-16/h4-13H,3,15H2,1-2H3,(H,32,33)/b19-10+. The molecule has 0 heterocycles. The molecule has 0 aliphatic heterocycles. The highest BCUT2D eigenvalue weighted by molar-refractivity contribution is 6.42. The van der Waals surface area contributed by atoms with Gasteiger partial charge in [-0.15, -0.1) is 0 Å². The van der Waals surface area contributed by atoms with Gasteiger partial charge in [0, 0.05) is 5.69 Å². The molecule has 37 heavy (non-hydrogen) atoms. The molecule has 0 aliphatic carbocycles. The van der Waals surface area contributed by atoms with Gasteiger partial charge >= 0.3 is 5.97 Å². The van der Waals surface area contributed by atoms with Crippen molar-refractivity contribution < 1.29 is 23.8 Å². The number of halogens is 3. The van der Waals surface area contributed by atoms with Crippen molar-refractivity contribution in [3.63, 3.8) is 0 Å². The van der Waals surface area contributed by atoms with E-state index < -0.39 is 11.9 Å². The van der Waals surface area contributed by atoms with Gasteiger partial charge in [0.05, 0.1) is 34.3 Å². The Balaban J connectivity index is 1.76. The Hall–Kier alpha value is -3.70. The highest BCUT2D eigenvalue weighted by Crippen LogP contribution is 2.38. The number of anilines is 1. The first kappa shape index (κ1) is 27.9. The Morgan fingerprint density at radius 3 is 2.35 bits per heavy atom. The highest BCUT2D eigenvalue weighted by Gasteiger charge is 2.15. The van der Waals surface area contributed by atoms with Gasteiger partial charge < -0.3 is 19.5 Å². The fourth-order valence-corrected chi connectivity index (χ4v) is 3.76. The van der Waals surface area contributed by atoms with Crippen LogP contribution in [0.5, 0.6) is 11.5 Å². The van der Waals surface area contributed by atoms with Crippen LogP contribution in [-0.4, -0.2) is 25.6 Å². The average molecular weight is 560 g/mol. The predicted molar refractivity (Wildman–Crippen MR) is 143 cm³/mol. The number of amides is 1. The lowest BCUT2D eigenvalue weighted by Crippen LogP contribution is -2.13. The molecule has 1 N–H and O–H groups in total. The molecule has 0 spiro atoms. The summed E-state index contributed by atoms with van der Waals surface area (Å²) in [7, 11) is 1.45. The number of ether oxygens (including phenoxy) is 3. The molecular formula is C27H21Cl3N2O5. The van der Waals surface area contributed by atoms with Crippen LogP contribution >= 0.6 is 34.8 Å². The van der Waals surface area contributed by atoms with Gasteiger partial charge in [0.1, 0.15) is 18.2 Å². The molecule has 3 aromatic carbocycles. The molecule has 0 bridgehead atoms. The molecule has 3 rings (SSSR count). The van der Waals surface area contributed by atoms with E-state index in [2.05, 4.69) is 5.32 Å². The van der Waals surface area contributed by atoms with Crippen LogP contribution in [0.25, 0.3) is 6.08 Å². The topological polar surface area (TPSA) is 97.7 Å². The van der Waals surface area contributed by atoms with Crippen molar-refractivity contribution in [1.82, 2.24) is 0 Å². The first-order valence-electron chi connectivity index (χ1n) is 10.9. The number of nitrogens with zero attached hydrogens (tertiary/aromatic N) is 1. The third kappa shape index (κ3) is 7.40. The van der Waals surface area contributed by atoms with Gasteiger partial charge in [0.2, 0.25) is 0 Å². The number of carbonyl (C=O) groups is 2. The maximum absolute atomic E-state index is 12.7. The number of nitrogens with one attached hydrogen (secondary N) is 1. The second-order valence-corrected chi connectivity index (χ2v) is 8.71. The van der Waals surface area contributed by atoms with Crippen molar-refractivity contribution in [2.24, 2.45) is 0 Å². The van der Waals surface area contributed by atoms with Crippen LogP contribution in [0.1, 0.15) is 28.4 Å².